The maximum atomic E-state index is 13.8. The predicted molar refractivity (Wildman–Crippen MR) is 68.9 cm³/mol. The molecule has 1 heterocycles. The second-order valence-electron chi connectivity index (χ2n) is 5.26. The number of amides is 1. The SMILES string of the molecule is CN(C(=O)C(F)(F)F)[C@@H]1CCN[C@H](c2ccc(F)cc2F)C1. The van der Waals surface area contributed by atoms with Crippen LogP contribution in [0.25, 0.3) is 0 Å². The smallest absolute Gasteiger partial charge is 0.335 e. The Labute approximate surface area is 124 Å². The first-order chi connectivity index (χ1) is 10.2. The molecule has 1 aromatic rings. The number of halogens is 5. The van der Waals surface area contributed by atoms with Crippen molar-refractivity contribution in [2.75, 3.05) is 13.6 Å². The molecule has 22 heavy (non-hydrogen) atoms. The van der Waals surface area contributed by atoms with Crippen LogP contribution in [0.2, 0.25) is 0 Å². The maximum absolute atomic E-state index is 13.8. The number of nitrogens with one attached hydrogen (secondary N) is 1. The van der Waals surface area contributed by atoms with Crippen LogP contribution in [0.3, 0.4) is 0 Å². The Balaban J connectivity index is 2.13. The first-order valence-corrected chi connectivity index (χ1v) is 6.72. The van der Waals surface area contributed by atoms with Gasteiger partial charge in [0.2, 0.25) is 0 Å². The molecule has 1 saturated heterocycles. The van der Waals surface area contributed by atoms with E-state index in [2.05, 4.69) is 5.32 Å². The molecule has 2 atom stereocenters. The summed E-state index contributed by atoms with van der Waals surface area (Å²) in [6.45, 7) is 0.335. The molecule has 1 aromatic carbocycles. The van der Waals surface area contributed by atoms with Crippen molar-refractivity contribution in [3.63, 3.8) is 0 Å². The lowest BCUT2D eigenvalue weighted by molar-refractivity contribution is -0.186. The number of alkyl halides is 3. The number of hydrogen-bond donors (Lipinski definition) is 1. The molecule has 1 amide bonds. The monoisotopic (exact) mass is 322 g/mol. The summed E-state index contributed by atoms with van der Waals surface area (Å²) in [4.78, 5) is 11.9. The van der Waals surface area contributed by atoms with Gasteiger partial charge < -0.3 is 10.2 Å². The quantitative estimate of drug-likeness (QED) is 0.849. The molecule has 1 aliphatic rings. The number of benzene rings is 1. The van der Waals surface area contributed by atoms with E-state index in [1.54, 1.807) is 0 Å². The van der Waals surface area contributed by atoms with Gasteiger partial charge in [0, 0.05) is 30.8 Å². The zero-order valence-corrected chi connectivity index (χ0v) is 11.8. The van der Waals surface area contributed by atoms with Gasteiger partial charge in [-0.3, -0.25) is 4.79 Å². The molecule has 0 aromatic heterocycles. The molecule has 0 saturated carbocycles. The van der Waals surface area contributed by atoms with E-state index < -0.39 is 35.8 Å². The van der Waals surface area contributed by atoms with Crippen LogP contribution < -0.4 is 5.32 Å². The molecule has 3 nitrogen and oxygen atoms in total. The molecule has 122 valence electrons. The summed E-state index contributed by atoms with van der Waals surface area (Å²) < 4.78 is 64.1. The second kappa shape index (κ2) is 6.20. The van der Waals surface area contributed by atoms with E-state index >= 15 is 0 Å². The normalized spacial score (nSPS) is 22.5. The summed E-state index contributed by atoms with van der Waals surface area (Å²) in [6.07, 6.45) is -4.48. The predicted octanol–water partition coefficient (Wildman–Crippen LogP) is 2.78. The molecule has 0 unspecified atom stereocenters. The topological polar surface area (TPSA) is 32.3 Å². The number of piperidine rings is 1. The zero-order chi connectivity index (χ0) is 16.5. The highest BCUT2D eigenvalue weighted by Crippen LogP contribution is 2.29. The molecular weight excluding hydrogens is 307 g/mol. The summed E-state index contributed by atoms with van der Waals surface area (Å²) in [5.41, 5.74) is 0.180. The Morgan fingerprint density at radius 1 is 1.32 bits per heavy atom. The molecular formula is C14H15F5N2O. The molecule has 0 radical (unpaired) electrons. The molecule has 1 aliphatic heterocycles. The maximum Gasteiger partial charge on any atom is 0.471 e. The van der Waals surface area contributed by atoms with Gasteiger partial charge in [-0.25, -0.2) is 8.78 Å². The molecule has 2 rings (SSSR count). The van der Waals surface area contributed by atoms with Gasteiger partial charge in [0.15, 0.2) is 0 Å². The summed E-state index contributed by atoms with van der Waals surface area (Å²) in [5, 5.41) is 2.98. The minimum absolute atomic E-state index is 0.126. The van der Waals surface area contributed by atoms with Crippen LogP contribution in [0, 0.1) is 11.6 Å². The Kier molecular flexibility index (Phi) is 4.69. The van der Waals surface area contributed by atoms with Crippen molar-refractivity contribution in [3.05, 3.63) is 35.4 Å². The van der Waals surface area contributed by atoms with Gasteiger partial charge >= 0.3 is 12.1 Å². The number of hydrogen-bond acceptors (Lipinski definition) is 2. The third-order valence-electron chi connectivity index (χ3n) is 3.82. The highest BCUT2D eigenvalue weighted by Gasteiger charge is 2.44. The van der Waals surface area contributed by atoms with Crippen LogP contribution in [0.4, 0.5) is 22.0 Å². The van der Waals surface area contributed by atoms with Crippen molar-refractivity contribution in [2.24, 2.45) is 0 Å². The van der Waals surface area contributed by atoms with E-state index in [0.717, 1.165) is 19.2 Å². The third kappa shape index (κ3) is 3.55. The second-order valence-corrected chi connectivity index (χ2v) is 5.26. The van der Waals surface area contributed by atoms with Crippen LogP contribution in [0.15, 0.2) is 18.2 Å². The van der Waals surface area contributed by atoms with Crippen molar-refractivity contribution < 1.29 is 26.7 Å². The summed E-state index contributed by atoms with van der Waals surface area (Å²) in [5.74, 6) is -3.40. The Morgan fingerprint density at radius 2 is 2.00 bits per heavy atom. The standard InChI is InChI=1S/C14H15F5N2O/c1-21(13(22)14(17,18)19)9-4-5-20-12(7-9)10-3-2-8(15)6-11(10)16/h2-3,6,9,12,20H,4-5,7H2,1H3/t9-,12+/m1/s1. The van der Waals surface area contributed by atoms with Crippen molar-refractivity contribution in [1.29, 1.82) is 0 Å². The van der Waals surface area contributed by atoms with Crippen molar-refractivity contribution >= 4 is 5.91 Å². The largest absolute Gasteiger partial charge is 0.471 e. The van der Waals surface area contributed by atoms with Gasteiger partial charge in [-0.15, -0.1) is 0 Å². The number of carbonyl (C=O) groups is 1. The van der Waals surface area contributed by atoms with Gasteiger partial charge in [-0.2, -0.15) is 13.2 Å². The number of carbonyl (C=O) groups excluding carboxylic acids is 1. The Morgan fingerprint density at radius 3 is 2.59 bits per heavy atom. The van der Waals surface area contributed by atoms with E-state index in [1.165, 1.54) is 6.07 Å². The van der Waals surface area contributed by atoms with Gasteiger partial charge in [-0.05, 0) is 25.5 Å². The van der Waals surface area contributed by atoms with Crippen LogP contribution in [0.1, 0.15) is 24.4 Å². The van der Waals surface area contributed by atoms with Gasteiger partial charge in [-0.1, -0.05) is 6.07 Å². The zero-order valence-electron chi connectivity index (χ0n) is 11.8. The average Bonchev–Trinajstić information content (AvgIpc) is 2.45. The first-order valence-electron chi connectivity index (χ1n) is 6.72. The molecule has 0 bridgehead atoms. The van der Waals surface area contributed by atoms with Gasteiger partial charge in [0.25, 0.3) is 0 Å². The van der Waals surface area contributed by atoms with E-state index in [-0.39, 0.29) is 12.0 Å². The van der Waals surface area contributed by atoms with Gasteiger partial charge in [0.1, 0.15) is 11.6 Å². The lowest BCUT2D eigenvalue weighted by Crippen LogP contribution is -2.49. The fourth-order valence-electron chi connectivity index (χ4n) is 2.64. The average molecular weight is 322 g/mol. The summed E-state index contributed by atoms with van der Waals surface area (Å²) in [7, 11) is 1.09. The lowest BCUT2D eigenvalue weighted by atomic mass is 9.92. The first kappa shape index (κ1) is 16.7. The summed E-state index contributed by atoms with van der Waals surface area (Å²) in [6, 6.07) is 1.85. The van der Waals surface area contributed by atoms with E-state index in [9.17, 15) is 26.7 Å². The van der Waals surface area contributed by atoms with Crippen LogP contribution in [-0.2, 0) is 4.79 Å². The van der Waals surface area contributed by atoms with Crippen LogP contribution >= 0.6 is 0 Å². The van der Waals surface area contributed by atoms with Gasteiger partial charge in [0.05, 0.1) is 0 Å². The van der Waals surface area contributed by atoms with Crippen molar-refractivity contribution in [1.82, 2.24) is 10.2 Å². The van der Waals surface area contributed by atoms with E-state index in [0.29, 0.717) is 17.9 Å². The molecule has 8 heteroatoms. The minimum Gasteiger partial charge on any atom is -0.335 e. The highest BCUT2D eigenvalue weighted by molar-refractivity contribution is 5.81. The van der Waals surface area contributed by atoms with Crippen LogP contribution in [-0.4, -0.2) is 36.6 Å². The number of nitrogens with zero attached hydrogens (tertiary/aromatic N) is 1. The van der Waals surface area contributed by atoms with Crippen molar-refractivity contribution in [2.45, 2.75) is 31.1 Å². The Bertz CT molecular complexity index is 561. The number of rotatable bonds is 2. The minimum atomic E-state index is -4.93. The van der Waals surface area contributed by atoms with Crippen LogP contribution in [0.5, 0.6) is 0 Å². The molecule has 1 N–H and O–H groups in total. The third-order valence-corrected chi connectivity index (χ3v) is 3.82. The fraction of sp³-hybridized carbons (Fsp3) is 0.500. The van der Waals surface area contributed by atoms with Crippen molar-refractivity contribution in [3.8, 4) is 0 Å². The lowest BCUT2D eigenvalue weighted by Gasteiger charge is -2.36. The van der Waals surface area contributed by atoms with E-state index in [1.807, 2.05) is 0 Å². The fourth-order valence-corrected chi connectivity index (χ4v) is 2.64. The highest BCUT2D eigenvalue weighted by atomic mass is 19.4. The Hall–Kier alpha value is -1.70. The molecule has 0 aliphatic carbocycles. The molecule has 1 fully saturated rings. The van der Waals surface area contributed by atoms with E-state index in [4.69, 9.17) is 0 Å². The summed E-state index contributed by atoms with van der Waals surface area (Å²) >= 11 is 0. The molecule has 0 spiro atoms.